The lowest BCUT2D eigenvalue weighted by Crippen LogP contribution is -2.44. The second-order valence-electron chi connectivity index (χ2n) is 2.74. The van der Waals surface area contributed by atoms with Gasteiger partial charge in [-0.1, -0.05) is 0 Å². The molecular formula is C6H13NO4. The van der Waals surface area contributed by atoms with Crippen LogP contribution in [0, 0.1) is 0 Å². The summed E-state index contributed by atoms with van der Waals surface area (Å²) in [6, 6.07) is -0.616. The van der Waals surface area contributed by atoms with Crippen molar-refractivity contribution in [1.29, 1.82) is 0 Å². The van der Waals surface area contributed by atoms with Gasteiger partial charge in [-0.25, -0.2) is 0 Å². The lowest BCUT2D eigenvalue weighted by molar-refractivity contribution is -0.00977. The quantitative estimate of drug-likeness (QED) is 0.300. The Bertz CT molecular complexity index is 132. The molecule has 0 amide bonds. The third-order valence-corrected chi connectivity index (χ3v) is 1.93. The van der Waals surface area contributed by atoms with Crippen molar-refractivity contribution in [3.05, 3.63) is 0 Å². The smallest absolute Gasteiger partial charge is 0.0990 e. The average molecular weight is 163 g/mol. The van der Waals surface area contributed by atoms with Crippen LogP contribution in [0.25, 0.3) is 0 Å². The zero-order valence-corrected chi connectivity index (χ0v) is 6.01. The first kappa shape index (κ1) is 8.89. The minimum absolute atomic E-state index is 0.253. The lowest BCUT2D eigenvalue weighted by Gasteiger charge is -2.19. The van der Waals surface area contributed by atoms with E-state index >= 15 is 0 Å². The normalized spacial score (nSPS) is 40.9. The molecular weight excluding hydrogens is 150 g/mol. The van der Waals surface area contributed by atoms with E-state index < -0.39 is 31.0 Å². The number of aliphatic hydroxyl groups excluding tert-OH is 4. The molecule has 0 aromatic heterocycles. The Kier molecular flexibility index (Phi) is 2.80. The van der Waals surface area contributed by atoms with Gasteiger partial charge in [0, 0.05) is 6.54 Å². The zero-order chi connectivity index (χ0) is 8.43. The van der Waals surface area contributed by atoms with Crippen LogP contribution in [0.1, 0.15) is 0 Å². The Hall–Kier alpha value is -0.200. The molecule has 1 aliphatic rings. The highest BCUT2D eigenvalue weighted by Gasteiger charge is 2.36. The monoisotopic (exact) mass is 163 g/mol. The standard InChI is InChI=1S/C6H13NO4/c8-2-4(10)5-6(11)3(9)1-7-5/h3-11H,1-2H2/t3-,4?,5-,6-/m1/s1. The van der Waals surface area contributed by atoms with E-state index in [-0.39, 0.29) is 6.54 Å². The summed E-state index contributed by atoms with van der Waals surface area (Å²) in [4.78, 5) is 0. The molecule has 5 heteroatoms. The maximum atomic E-state index is 9.18. The Morgan fingerprint density at radius 2 is 2.09 bits per heavy atom. The second kappa shape index (κ2) is 3.46. The number of hydrogen-bond acceptors (Lipinski definition) is 5. The van der Waals surface area contributed by atoms with Gasteiger partial charge in [0.25, 0.3) is 0 Å². The molecule has 0 aromatic carbocycles. The summed E-state index contributed by atoms with van der Waals surface area (Å²) < 4.78 is 0. The summed E-state index contributed by atoms with van der Waals surface area (Å²) in [5.74, 6) is 0. The topological polar surface area (TPSA) is 93.0 Å². The van der Waals surface area contributed by atoms with Crippen molar-refractivity contribution in [1.82, 2.24) is 5.32 Å². The van der Waals surface area contributed by atoms with Gasteiger partial charge < -0.3 is 25.7 Å². The first-order valence-electron chi connectivity index (χ1n) is 3.55. The van der Waals surface area contributed by atoms with Crippen LogP contribution in [0.3, 0.4) is 0 Å². The molecule has 1 aliphatic heterocycles. The molecule has 1 fully saturated rings. The largest absolute Gasteiger partial charge is 0.394 e. The number of hydrogen-bond donors (Lipinski definition) is 5. The van der Waals surface area contributed by atoms with Gasteiger partial charge in [-0.2, -0.15) is 0 Å². The highest BCUT2D eigenvalue weighted by Crippen LogP contribution is 2.10. The second-order valence-corrected chi connectivity index (χ2v) is 2.74. The fraction of sp³-hybridized carbons (Fsp3) is 1.00. The van der Waals surface area contributed by atoms with Crippen molar-refractivity contribution >= 4 is 0 Å². The maximum Gasteiger partial charge on any atom is 0.0990 e. The van der Waals surface area contributed by atoms with Gasteiger partial charge >= 0.3 is 0 Å². The highest BCUT2D eigenvalue weighted by molar-refractivity contribution is 4.94. The van der Waals surface area contributed by atoms with Crippen molar-refractivity contribution in [3.63, 3.8) is 0 Å². The number of rotatable bonds is 2. The lowest BCUT2D eigenvalue weighted by atomic mass is 10.1. The molecule has 1 rings (SSSR count). The molecule has 0 aromatic rings. The van der Waals surface area contributed by atoms with E-state index in [0.29, 0.717) is 0 Å². The zero-order valence-electron chi connectivity index (χ0n) is 6.01. The molecule has 66 valence electrons. The highest BCUT2D eigenvalue weighted by atomic mass is 16.3. The molecule has 0 spiro atoms. The summed E-state index contributed by atoms with van der Waals surface area (Å²) in [6.45, 7) is -0.162. The van der Waals surface area contributed by atoms with Gasteiger partial charge in [0.15, 0.2) is 0 Å². The van der Waals surface area contributed by atoms with E-state index in [2.05, 4.69) is 5.32 Å². The van der Waals surface area contributed by atoms with Crippen LogP contribution in [-0.4, -0.2) is 57.9 Å². The summed E-state index contributed by atoms with van der Waals surface area (Å²) in [6.07, 6.45) is -2.85. The minimum atomic E-state index is -1.01. The molecule has 0 aliphatic carbocycles. The van der Waals surface area contributed by atoms with Crippen LogP contribution < -0.4 is 5.32 Å². The van der Waals surface area contributed by atoms with Crippen LogP contribution in [0.2, 0.25) is 0 Å². The Morgan fingerprint density at radius 1 is 1.45 bits per heavy atom. The van der Waals surface area contributed by atoms with Gasteiger partial charge in [-0.05, 0) is 0 Å². The van der Waals surface area contributed by atoms with Gasteiger partial charge in [0.2, 0.25) is 0 Å². The van der Waals surface area contributed by atoms with E-state index in [9.17, 15) is 5.11 Å². The third-order valence-electron chi connectivity index (χ3n) is 1.93. The molecule has 1 saturated heterocycles. The van der Waals surface area contributed by atoms with Gasteiger partial charge in [-0.15, -0.1) is 0 Å². The predicted octanol–water partition coefficient (Wildman–Crippen LogP) is -2.97. The number of nitrogens with one attached hydrogen (secondary N) is 1. The summed E-state index contributed by atoms with van der Waals surface area (Å²) in [5.41, 5.74) is 0. The first-order chi connectivity index (χ1) is 5.16. The van der Waals surface area contributed by atoms with E-state index in [1.165, 1.54) is 0 Å². The Balaban J connectivity index is 2.47. The van der Waals surface area contributed by atoms with Crippen molar-refractivity contribution < 1.29 is 20.4 Å². The molecule has 4 atom stereocenters. The fourth-order valence-electron chi connectivity index (χ4n) is 1.21. The fourth-order valence-corrected chi connectivity index (χ4v) is 1.21. The Morgan fingerprint density at radius 3 is 2.45 bits per heavy atom. The van der Waals surface area contributed by atoms with Crippen LogP contribution in [0.15, 0.2) is 0 Å². The molecule has 0 radical (unpaired) electrons. The molecule has 0 saturated carbocycles. The average Bonchev–Trinajstić information content (AvgIpc) is 2.32. The van der Waals surface area contributed by atoms with Gasteiger partial charge in [-0.3, -0.25) is 0 Å². The molecule has 1 unspecified atom stereocenters. The van der Waals surface area contributed by atoms with Crippen molar-refractivity contribution in [2.45, 2.75) is 24.4 Å². The van der Waals surface area contributed by atoms with E-state index in [0.717, 1.165) is 0 Å². The van der Waals surface area contributed by atoms with E-state index in [4.69, 9.17) is 15.3 Å². The molecule has 5 N–H and O–H groups in total. The van der Waals surface area contributed by atoms with E-state index in [1.807, 2.05) is 0 Å². The van der Waals surface area contributed by atoms with Crippen molar-refractivity contribution in [2.75, 3.05) is 13.2 Å². The molecule has 5 nitrogen and oxygen atoms in total. The Labute approximate surface area is 64.3 Å². The third kappa shape index (κ3) is 1.69. The predicted molar refractivity (Wildman–Crippen MR) is 36.9 cm³/mol. The summed E-state index contributed by atoms with van der Waals surface area (Å²) in [7, 11) is 0. The van der Waals surface area contributed by atoms with Gasteiger partial charge in [0.1, 0.15) is 0 Å². The first-order valence-corrected chi connectivity index (χ1v) is 3.55. The molecule has 11 heavy (non-hydrogen) atoms. The van der Waals surface area contributed by atoms with Crippen LogP contribution >= 0.6 is 0 Å². The number of aliphatic hydroxyl groups is 4. The van der Waals surface area contributed by atoms with Crippen LogP contribution in [-0.2, 0) is 0 Å². The minimum Gasteiger partial charge on any atom is -0.394 e. The summed E-state index contributed by atoms with van der Waals surface area (Å²) >= 11 is 0. The summed E-state index contributed by atoms with van der Waals surface area (Å²) in [5, 5.41) is 38.5. The van der Waals surface area contributed by atoms with Crippen LogP contribution in [0.5, 0.6) is 0 Å². The van der Waals surface area contributed by atoms with E-state index in [1.54, 1.807) is 0 Å². The molecule has 0 bridgehead atoms. The number of β-amino-alcohol motifs (C(OH)–C–C–N with tert-alkyl or cyclic N) is 1. The maximum absolute atomic E-state index is 9.18. The van der Waals surface area contributed by atoms with Crippen molar-refractivity contribution in [3.8, 4) is 0 Å². The van der Waals surface area contributed by atoms with Crippen molar-refractivity contribution in [2.24, 2.45) is 0 Å². The van der Waals surface area contributed by atoms with Gasteiger partial charge in [0.05, 0.1) is 31.0 Å². The SMILES string of the molecule is OCC(O)[C@H]1NC[C@@H](O)[C@H]1O. The molecule has 1 heterocycles. The van der Waals surface area contributed by atoms with Crippen LogP contribution in [0.4, 0.5) is 0 Å².